The lowest BCUT2D eigenvalue weighted by Gasteiger charge is -2.26. The van der Waals surface area contributed by atoms with Gasteiger partial charge in [-0.2, -0.15) is 4.98 Å². The number of likely N-dealkylation sites (N-methyl/N-ethyl adjacent to an activating group) is 2. The van der Waals surface area contributed by atoms with Crippen molar-refractivity contribution in [2.45, 2.75) is 6.73 Å². The lowest BCUT2D eigenvalue weighted by Crippen LogP contribution is -2.29. The van der Waals surface area contributed by atoms with E-state index in [1.807, 2.05) is 58.7 Å². The Balaban J connectivity index is 1.64. The number of hydrogen-bond donors (Lipinski definition) is 3. The Morgan fingerprint density at radius 3 is 2.60 bits per heavy atom. The maximum Gasteiger partial charge on any atom is 0.247 e. The summed E-state index contributed by atoms with van der Waals surface area (Å²) in [7, 11) is 9.58. The van der Waals surface area contributed by atoms with E-state index in [4.69, 9.17) is 14.7 Å². The molecule has 0 saturated heterocycles. The largest absolute Gasteiger partial charge is 0.494 e. The Labute approximate surface area is 244 Å². The molecule has 0 atom stereocenters. The van der Waals surface area contributed by atoms with Gasteiger partial charge in [0.1, 0.15) is 18.1 Å². The summed E-state index contributed by atoms with van der Waals surface area (Å²) in [5, 5.41) is 18.1. The van der Waals surface area contributed by atoms with Crippen LogP contribution in [0.1, 0.15) is 0 Å². The number of fused-ring (bicyclic) bond motifs is 2. The SMILES string of the molecule is C=CC(=O)Nc1cc(Nc2nc(-c3cn(C)c4ccccc34)c3ccn(CO)c3n2)c(OC)cc1N(C)CCN(C)C. The Hall–Kier alpha value is -4.87. The molecule has 218 valence electrons. The molecule has 0 fully saturated rings. The summed E-state index contributed by atoms with van der Waals surface area (Å²) in [6.07, 6.45) is 5.07. The minimum absolute atomic E-state index is 0.232. The van der Waals surface area contributed by atoms with Crippen LogP contribution in [0.3, 0.4) is 0 Å². The zero-order valence-corrected chi connectivity index (χ0v) is 24.5. The second-order valence-electron chi connectivity index (χ2n) is 10.3. The molecule has 0 bridgehead atoms. The molecule has 1 amide bonds. The number of carbonyl (C=O) groups excluding carboxylic acids is 1. The molecule has 0 aliphatic heterocycles. The first-order valence-electron chi connectivity index (χ1n) is 13.5. The van der Waals surface area contributed by atoms with Gasteiger partial charge >= 0.3 is 0 Å². The topological polar surface area (TPSA) is 113 Å². The highest BCUT2D eigenvalue weighted by molar-refractivity contribution is 6.04. The third-order valence-corrected chi connectivity index (χ3v) is 7.22. The van der Waals surface area contributed by atoms with Crippen molar-refractivity contribution >= 4 is 50.9 Å². The summed E-state index contributed by atoms with van der Waals surface area (Å²) in [6.45, 7) is 4.92. The van der Waals surface area contributed by atoms with E-state index in [-0.39, 0.29) is 12.6 Å². The van der Waals surface area contributed by atoms with Crippen LogP contribution in [-0.2, 0) is 18.6 Å². The van der Waals surface area contributed by atoms with Crippen molar-refractivity contribution in [1.82, 2.24) is 24.0 Å². The summed E-state index contributed by atoms with van der Waals surface area (Å²) in [5.41, 5.74) is 5.27. The molecule has 3 N–H and O–H groups in total. The van der Waals surface area contributed by atoms with Crippen LogP contribution in [0.5, 0.6) is 5.75 Å². The highest BCUT2D eigenvalue weighted by Gasteiger charge is 2.20. The molecule has 3 aromatic heterocycles. The van der Waals surface area contributed by atoms with Crippen molar-refractivity contribution in [2.24, 2.45) is 7.05 Å². The molecule has 0 aliphatic carbocycles. The van der Waals surface area contributed by atoms with Gasteiger partial charge < -0.3 is 39.4 Å². The monoisotopic (exact) mass is 568 g/mol. The molecule has 42 heavy (non-hydrogen) atoms. The standard InChI is InChI=1S/C31H36N8O3/c1-7-28(41)32-23-16-24(27(42-6)17-26(23)37(4)15-14-36(2)3)33-31-34-29(21-12-13-39(19-40)30(21)35-31)22-18-38(5)25-11-9-8-10-20(22)25/h7-13,16-18,40H,1,14-15,19H2,2-6H3,(H,32,41)(H,33,34,35). The van der Waals surface area contributed by atoms with Gasteiger partial charge in [0.05, 0.1) is 29.9 Å². The molecule has 2 aromatic carbocycles. The van der Waals surface area contributed by atoms with Crippen molar-refractivity contribution in [2.75, 3.05) is 56.9 Å². The number of rotatable bonds is 11. The zero-order valence-electron chi connectivity index (χ0n) is 24.5. The van der Waals surface area contributed by atoms with Gasteiger partial charge in [-0.25, -0.2) is 4.98 Å². The van der Waals surface area contributed by atoms with E-state index < -0.39 is 0 Å². The van der Waals surface area contributed by atoms with E-state index in [1.165, 1.54) is 6.08 Å². The number of hydrogen-bond acceptors (Lipinski definition) is 8. The maximum absolute atomic E-state index is 12.4. The fraction of sp³-hybridized carbons (Fsp3) is 0.258. The minimum atomic E-state index is -0.329. The van der Waals surface area contributed by atoms with Gasteiger partial charge in [0.2, 0.25) is 11.9 Å². The second kappa shape index (κ2) is 11.9. The van der Waals surface area contributed by atoms with Crippen molar-refractivity contribution in [3.8, 4) is 17.0 Å². The number of methoxy groups -OCH3 is 1. The highest BCUT2D eigenvalue weighted by atomic mass is 16.5. The van der Waals surface area contributed by atoms with E-state index in [9.17, 15) is 9.90 Å². The maximum atomic E-state index is 12.4. The van der Waals surface area contributed by atoms with Crippen LogP contribution < -0.4 is 20.3 Å². The van der Waals surface area contributed by atoms with Gasteiger partial charge in [-0.1, -0.05) is 24.8 Å². The van der Waals surface area contributed by atoms with Crippen LogP contribution in [0.15, 0.2) is 67.5 Å². The molecular weight excluding hydrogens is 532 g/mol. The van der Waals surface area contributed by atoms with E-state index in [1.54, 1.807) is 23.9 Å². The van der Waals surface area contributed by atoms with E-state index in [0.29, 0.717) is 28.7 Å². The van der Waals surface area contributed by atoms with Crippen molar-refractivity contribution in [1.29, 1.82) is 0 Å². The Kier molecular flexibility index (Phi) is 8.14. The average molecular weight is 569 g/mol. The average Bonchev–Trinajstić information content (AvgIpc) is 3.56. The Morgan fingerprint density at radius 1 is 1.10 bits per heavy atom. The number of ether oxygens (including phenoxy) is 1. The summed E-state index contributed by atoms with van der Waals surface area (Å²) >= 11 is 0. The quantitative estimate of drug-likeness (QED) is 0.201. The smallest absolute Gasteiger partial charge is 0.247 e. The van der Waals surface area contributed by atoms with E-state index in [2.05, 4.69) is 43.7 Å². The molecule has 5 aromatic rings. The summed E-state index contributed by atoms with van der Waals surface area (Å²) in [4.78, 5) is 26.3. The third kappa shape index (κ3) is 5.52. The number of nitrogens with zero attached hydrogens (tertiary/aromatic N) is 6. The number of amides is 1. The summed E-state index contributed by atoms with van der Waals surface area (Å²) in [5.74, 6) is 0.531. The predicted molar refractivity (Wildman–Crippen MR) is 169 cm³/mol. The van der Waals surface area contributed by atoms with Gasteiger partial charge in [0.15, 0.2) is 0 Å². The molecule has 5 rings (SSSR count). The van der Waals surface area contributed by atoms with E-state index in [0.717, 1.165) is 46.3 Å². The molecule has 0 saturated carbocycles. The highest BCUT2D eigenvalue weighted by Crippen LogP contribution is 2.39. The van der Waals surface area contributed by atoms with Gasteiger partial charge in [0.25, 0.3) is 0 Å². The van der Waals surface area contributed by atoms with Gasteiger partial charge in [0, 0.05) is 67.5 Å². The number of nitrogens with one attached hydrogen (secondary N) is 2. The first kappa shape index (κ1) is 28.7. The molecule has 0 spiro atoms. The molecule has 0 radical (unpaired) electrons. The number of aliphatic hydroxyl groups is 1. The Bertz CT molecular complexity index is 1770. The summed E-state index contributed by atoms with van der Waals surface area (Å²) < 4.78 is 9.50. The van der Waals surface area contributed by atoms with Crippen molar-refractivity contribution in [3.05, 3.63) is 67.5 Å². The van der Waals surface area contributed by atoms with Crippen LogP contribution in [0.2, 0.25) is 0 Å². The number of para-hydroxylation sites is 1. The molecule has 0 aliphatic rings. The van der Waals surface area contributed by atoms with Gasteiger partial charge in [-0.05, 0) is 38.4 Å². The Morgan fingerprint density at radius 2 is 1.88 bits per heavy atom. The molecule has 11 nitrogen and oxygen atoms in total. The normalized spacial score (nSPS) is 11.3. The number of aryl methyl sites for hydroxylation is 1. The van der Waals surface area contributed by atoms with Gasteiger partial charge in [-0.15, -0.1) is 0 Å². The number of anilines is 4. The van der Waals surface area contributed by atoms with E-state index >= 15 is 0 Å². The first-order chi connectivity index (χ1) is 20.2. The fourth-order valence-corrected chi connectivity index (χ4v) is 5.00. The third-order valence-electron chi connectivity index (χ3n) is 7.22. The lowest BCUT2D eigenvalue weighted by molar-refractivity contribution is -0.111. The molecule has 0 unspecified atom stereocenters. The molecule has 11 heteroatoms. The van der Waals surface area contributed by atoms with Crippen LogP contribution >= 0.6 is 0 Å². The lowest BCUT2D eigenvalue weighted by atomic mass is 10.1. The van der Waals surface area contributed by atoms with Crippen LogP contribution in [0, 0.1) is 0 Å². The minimum Gasteiger partial charge on any atom is -0.494 e. The summed E-state index contributed by atoms with van der Waals surface area (Å²) in [6, 6.07) is 13.7. The predicted octanol–water partition coefficient (Wildman–Crippen LogP) is 4.41. The van der Waals surface area contributed by atoms with Crippen LogP contribution in [0.4, 0.5) is 23.0 Å². The number of aliphatic hydroxyl groups excluding tert-OH is 1. The molecule has 3 heterocycles. The van der Waals surface area contributed by atoms with Gasteiger partial charge in [-0.3, -0.25) is 4.79 Å². The zero-order chi connectivity index (χ0) is 30.0. The number of carbonyl (C=O) groups is 1. The second-order valence-corrected chi connectivity index (χ2v) is 10.3. The molecular formula is C31H36N8O3. The van der Waals surface area contributed by atoms with Crippen LogP contribution in [0.25, 0.3) is 33.2 Å². The van der Waals surface area contributed by atoms with Crippen molar-refractivity contribution < 1.29 is 14.6 Å². The van der Waals surface area contributed by atoms with Crippen molar-refractivity contribution in [3.63, 3.8) is 0 Å². The first-order valence-corrected chi connectivity index (χ1v) is 13.5. The number of benzene rings is 2. The fourth-order valence-electron chi connectivity index (χ4n) is 5.00. The number of aromatic nitrogens is 4. The van der Waals surface area contributed by atoms with Crippen LogP contribution in [-0.4, -0.2) is 76.4 Å².